The smallest absolute Gasteiger partial charge is 0.357 e. The summed E-state index contributed by atoms with van der Waals surface area (Å²) in [6.45, 7) is 5.74. The molecule has 0 atom stereocenters. The molecule has 1 aromatic heterocycles. The quantitative estimate of drug-likeness (QED) is 0.777. The maximum Gasteiger partial charge on any atom is 0.357 e. The van der Waals surface area contributed by atoms with Gasteiger partial charge in [-0.05, 0) is 57.4 Å². The highest BCUT2D eigenvalue weighted by Gasteiger charge is 2.31. The fourth-order valence-corrected chi connectivity index (χ4v) is 2.87. The summed E-state index contributed by atoms with van der Waals surface area (Å²) >= 11 is 0. The van der Waals surface area contributed by atoms with Crippen LogP contribution in [0.4, 0.5) is 8.78 Å². The van der Waals surface area contributed by atoms with E-state index >= 15 is 0 Å². The number of fused-ring (bicyclic) bond motifs is 1. The molecular formula is C19H19F2NO3. The van der Waals surface area contributed by atoms with Gasteiger partial charge in [0, 0.05) is 17.2 Å². The molecule has 0 saturated carbocycles. The molecule has 0 unspecified atom stereocenters. The van der Waals surface area contributed by atoms with Gasteiger partial charge in [0.05, 0.1) is 6.61 Å². The van der Waals surface area contributed by atoms with E-state index in [9.17, 15) is 13.6 Å². The first kappa shape index (κ1) is 17.3. The van der Waals surface area contributed by atoms with Crippen LogP contribution in [-0.2, 0) is 11.2 Å². The highest BCUT2D eigenvalue weighted by atomic mass is 19.1. The fourth-order valence-electron chi connectivity index (χ4n) is 2.87. The summed E-state index contributed by atoms with van der Waals surface area (Å²) in [5.41, 5.74) is 0.983. The SMILES string of the molecule is CCOC(=O)c1cc(-c2ccc(F)cc2F)c2c(n1)OC(C)(C)CC2. The van der Waals surface area contributed by atoms with Gasteiger partial charge in [-0.25, -0.2) is 18.6 Å². The number of pyridine rings is 1. The Bertz CT molecular complexity index is 834. The van der Waals surface area contributed by atoms with Gasteiger partial charge < -0.3 is 9.47 Å². The molecule has 1 aliphatic rings. The standard InChI is InChI=1S/C19H19F2NO3/c1-4-24-18(23)16-10-14(12-6-5-11(20)9-15(12)21)13-7-8-19(2,3)25-17(13)22-16/h5-6,9-10H,4,7-8H2,1-3H3. The van der Waals surface area contributed by atoms with E-state index in [1.165, 1.54) is 18.2 Å². The molecule has 0 saturated heterocycles. The van der Waals surface area contributed by atoms with Crippen molar-refractivity contribution in [2.75, 3.05) is 6.61 Å². The average Bonchev–Trinajstić information content (AvgIpc) is 2.53. The van der Waals surface area contributed by atoms with Gasteiger partial charge in [0.25, 0.3) is 0 Å². The molecular weight excluding hydrogens is 328 g/mol. The van der Waals surface area contributed by atoms with E-state index in [0.29, 0.717) is 23.4 Å². The van der Waals surface area contributed by atoms with Gasteiger partial charge in [-0.1, -0.05) is 0 Å². The third-order valence-electron chi connectivity index (χ3n) is 4.14. The van der Waals surface area contributed by atoms with Crippen molar-refractivity contribution in [3.63, 3.8) is 0 Å². The van der Waals surface area contributed by atoms with Gasteiger partial charge in [0.2, 0.25) is 5.88 Å². The van der Waals surface area contributed by atoms with Crippen LogP contribution in [0.2, 0.25) is 0 Å². The number of carbonyl (C=O) groups is 1. The second-order valence-corrected chi connectivity index (χ2v) is 6.55. The van der Waals surface area contributed by atoms with Crippen LogP contribution in [0.1, 0.15) is 43.2 Å². The third-order valence-corrected chi connectivity index (χ3v) is 4.14. The highest BCUT2D eigenvalue weighted by molar-refractivity contribution is 5.90. The molecule has 1 aromatic carbocycles. The number of hydrogen-bond acceptors (Lipinski definition) is 4. The van der Waals surface area contributed by atoms with Crippen molar-refractivity contribution in [2.24, 2.45) is 0 Å². The van der Waals surface area contributed by atoms with Crippen molar-refractivity contribution in [3.05, 3.63) is 47.2 Å². The molecule has 1 aliphatic heterocycles. The van der Waals surface area contributed by atoms with Crippen LogP contribution in [0, 0.1) is 11.6 Å². The first-order valence-corrected chi connectivity index (χ1v) is 8.16. The third kappa shape index (κ3) is 3.48. The summed E-state index contributed by atoms with van der Waals surface area (Å²) in [7, 11) is 0. The van der Waals surface area contributed by atoms with Crippen LogP contribution in [0.3, 0.4) is 0 Å². The Kier molecular flexibility index (Phi) is 4.45. The monoisotopic (exact) mass is 347 g/mol. The van der Waals surface area contributed by atoms with Crippen molar-refractivity contribution in [2.45, 2.75) is 39.2 Å². The zero-order valence-electron chi connectivity index (χ0n) is 14.4. The molecule has 0 bridgehead atoms. The van der Waals surface area contributed by atoms with E-state index in [0.717, 1.165) is 12.5 Å². The molecule has 0 radical (unpaired) electrons. The molecule has 4 nitrogen and oxygen atoms in total. The second kappa shape index (κ2) is 6.43. The van der Waals surface area contributed by atoms with Crippen LogP contribution < -0.4 is 4.74 Å². The fraction of sp³-hybridized carbons (Fsp3) is 0.368. The van der Waals surface area contributed by atoms with Crippen LogP contribution in [0.15, 0.2) is 24.3 Å². The summed E-state index contributed by atoms with van der Waals surface area (Å²) in [5, 5.41) is 0. The minimum atomic E-state index is -0.701. The Morgan fingerprint density at radius 3 is 2.72 bits per heavy atom. The molecule has 0 spiro atoms. The van der Waals surface area contributed by atoms with Gasteiger partial charge in [-0.2, -0.15) is 0 Å². The summed E-state index contributed by atoms with van der Waals surface area (Å²) in [6, 6.07) is 4.84. The number of aromatic nitrogens is 1. The molecule has 2 heterocycles. The van der Waals surface area contributed by atoms with Crippen molar-refractivity contribution < 1.29 is 23.0 Å². The molecule has 132 valence electrons. The number of nitrogens with zero attached hydrogens (tertiary/aromatic N) is 1. The molecule has 0 fully saturated rings. The number of rotatable bonds is 3. The second-order valence-electron chi connectivity index (χ2n) is 6.55. The Hall–Kier alpha value is -2.50. The Morgan fingerprint density at radius 1 is 1.28 bits per heavy atom. The first-order chi connectivity index (χ1) is 11.8. The van der Waals surface area contributed by atoms with Gasteiger partial charge in [0.15, 0.2) is 5.69 Å². The summed E-state index contributed by atoms with van der Waals surface area (Å²) in [6.07, 6.45) is 1.33. The van der Waals surface area contributed by atoms with Gasteiger partial charge in [-0.15, -0.1) is 0 Å². The lowest BCUT2D eigenvalue weighted by atomic mass is 9.90. The van der Waals surface area contributed by atoms with Gasteiger partial charge in [0.1, 0.15) is 17.2 Å². The van der Waals surface area contributed by atoms with E-state index < -0.39 is 23.2 Å². The molecule has 0 amide bonds. The highest BCUT2D eigenvalue weighted by Crippen LogP contribution is 2.39. The minimum Gasteiger partial charge on any atom is -0.471 e. The minimum absolute atomic E-state index is 0.0389. The average molecular weight is 347 g/mol. The Morgan fingerprint density at radius 2 is 2.04 bits per heavy atom. The molecule has 0 N–H and O–H groups in total. The number of ether oxygens (including phenoxy) is 2. The normalized spacial score (nSPS) is 15.2. The number of hydrogen-bond donors (Lipinski definition) is 0. The lowest BCUT2D eigenvalue weighted by Gasteiger charge is -2.32. The Balaban J connectivity index is 2.19. The lowest BCUT2D eigenvalue weighted by Crippen LogP contribution is -2.33. The van der Waals surface area contributed by atoms with Crippen LogP contribution in [0.25, 0.3) is 11.1 Å². The maximum absolute atomic E-state index is 14.3. The summed E-state index contributed by atoms with van der Waals surface area (Å²) < 4.78 is 38.5. The number of esters is 1. The van der Waals surface area contributed by atoms with Gasteiger partial charge >= 0.3 is 5.97 Å². The summed E-state index contributed by atoms with van der Waals surface area (Å²) in [5.74, 6) is -1.68. The largest absolute Gasteiger partial charge is 0.471 e. The zero-order chi connectivity index (χ0) is 18.2. The van der Waals surface area contributed by atoms with Crippen LogP contribution >= 0.6 is 0 Å². The van der Waals surface area contributed by atoms with E-state index in [2.05, 4.69) is 4.98 Å². The molecule has 2 aromatic rings. The predicted molar refractivity (Wildman–Crippen MR) is 88.6 cm³/mol. The van der Waals surface area contributed by atoms with E-state index in [1.54, 1.807) is 6.92 Å². The lowest BCUT2D eigenvalue weighted by molar-refractivity contribution is 0.0507. The van der Waals surface area contributed by atoms with E-state index in [-0.39, 0.29) is 17.9 Å². The number of benzene rings is 1. The number of carbonyl (C=O) groups excluding carboxylic acids is 1. The topological polar surface area (TPSA) is 48.4 Å². The molecule has 25 heavy (non-hydrogen) atoms. The first-order valence-electron chi connectivity index (χ1n) is 8.16. The Labute approximate surface area is 144 Å². The zero-order valence-corrected chi connectivity index (χ0v) is 14.4. The van der Waals surface area contributed by atoms with E-state index in [1.807, 2.05) is 13.8 Å². The molecule has 6 heteroatoms. The van der Waals surface area contributed by atoms with Crippen LogP contribution in [0.5, 0.6) is 5.88 Å². The number of halogens is 2. The predicted octanol–water partition coefficient (Wildman–Crippen LogP) is 4.31. The molecule has 3 rings (SSSR count). The van der Waals surface area contributed by atoms with Crippen molar-refractivity contribution in [3.8, 4) is 17.0 Å². The van der Waals surface area contributed by atoms with Crippen molar-refractivity contribution in [1.29, 1.82) is 0 Å². The van der Waals surface area contributed by atoms with Crippen molar-refractivity contribution in [1.82, 2.24) is 4.98 Å². The van der Waals surface area contributed by atoms with E-state index in [4.69, 9.17) is 9.47 Å². The molecule has 0 aliphatic carbocycles. The maximum atomic E-state index is 14.3. The van der Waals surface area contributed by atoms with Crippen LogP contribution in [-0.4, -0.2) is 23.2 Å². The van der Waals surface area contributed by atoms with Crippen molar-refractivity contribution >= 4 is 5.97 Å². The van der Waals surface area contributed by atoms with Gasteiger partial charge in [-0.3, -0.25) is 0 Å². The summed E-state index contributed by atoms with van der Waals surface area (Å²) in [4.78, 5) is 16.4.